The largest absolute Gasteiger partial charge is 0.440 e. The van der Waals surface area contributed by atoms with Gasteiger partial charge in [-0.2, -0.15) is 5.26 Å². The molecule has 6 rings (SSSR count). The van der Waals surface area contributed by atoms with Crippen molar-refractivity contribution in [3.05, 3.63) is 117 Å². The van der Waals surface area contributed by atoms with E-state index in [0.29, 0.717) is 39.5 Å². The van der Waals surface area contributed by atoms with Gasteiger partial charge in [-0.25, -0.2) is 9.78 Å². The normalized spacial score (nSPS) is 14.8. The highest BCUT2D eigenvalue weighted by atomic mass is 16.5. The van der Waals surface area contributed by atoms with Gasteiger partial charge in [0, 0.05) is 16.5 Å². The number of aromatic nitrogens is 1. The van der Waals surface area contributed by atoms with Gasteiger partial charge < -0.3 is 19.6 Å². The summed E-state index contributed by atoms with van der Waals surface area (Å²) in [6.45, 7) is 2.00. The molecule has 0 aliphatic carbocycles. The highest BCUT2D eigenvalue weighted by Crippen LogP contribution is 2.47. The standard InChI is InChI=1S/C30H21N3O4/c1-17-11-12-23-18(15-17)16-22(29(33-23)35-19-7-3-2-4-8-19)25-21(13-14-31)28(32)37-27-20-9-5-6-10-24(20)36-30(34)26(25)27/h2-12,15-16,25H,13,32H2,1H3. The number of aryl methyl sites for hydroxylation is 1. The Labute approximate surface area is 212 Å². The minimum atomic E-state index is -0.764. The molecule has 0 fully saturated rings. The molecule has 37 heavy (non-hydrogen) atoms. The van der Waals surface area contributed by atoms with Crippen LogP contribution < -0.4 is 20.8 Å². The van der Waals surface area contributed by atoms with E-state index < -0.39 is 11.5 Å². The van der Waals surface area contributed by atoms with Crippen molar-refractivity contribution in [3.63, 3.8) is 0 Å². The van der Waals surface area contributed by atoms with Crippen LogP contribution in [0, 0.1) is 18.3 Å². The van der Waals surface area contributed by atoms with Crippen molar-refractivity contribution in [1.82, 2.24) is 4.98 Å². The van der Waals surface area contributed by atoms with Gasteiger partial charge in [0.25, 0.3) is 0 Å². The van der Waals surface area contributed by atoms with E-state index in [4.69, 9.17) is 24.6 Å². The number of ether oxygens (including phenoxy) is 2. The van der Waals surface area contributed by atoms with Crippen LogP contribution in [-0.4, -0.2) is 4.98 Å². The molecule has 1 aliphatic heterocycles. The summed E-state index contributed by atoms with van der Waals surface area (Å²) >= 11 is 0. The van der Waals surface area contributed by atoms with Crippen molar-refractivity contribution in [2.45, 2.75) is 19.3 Å². The molecular formula is C30H21N3O4. The predicted molar refractivity (Wildman–Crippen MR) is 139 cm³/mol. The molecule has 1 atom stereocenters. The number of hydrogen-bond acceptors (Lipinski definition) is 7. The van der Waals surface area contributed by atoms with E-state index in [9.17, 15) is 10.1 Å². The molecule has 2 aromatic heterocycles. The van der Waals surface area contributed by atoms with Crippen LogP contribution in [0.3, 0.4) is 0 Å². The van der Waals surface area contributed by atoms with Gasteiger partial charge >= 0.3 is 5.63 Å². The fourth-order valence-corrected chi connectivity index (χ4v) is 4.79. The molecular weight excluding hydrogens is 466 g/mol. The van der Waals surface area contributed by atoms with Gasteiger partial charge in [0.2, 0.25) is 5.88 Å². The lowest BCUT2D eigenvalue weighted by Crippen LogP contribution is -2.27. The first-order chi connectivity index (χ1) is 18.0. The monoisotopic (exact) mass is 487 g/mol. The Morgan fingerprint density at radius 2 is 1.84 bits per heavy atom. The first-order valence-corrected chi connectivity index (χ1v) is 11.8. The zero-order chi connectivity index (χ0) is 25.5. The summed E-state index contributed by atoms with van der Waals surface area (Å²) < 4.78 is 18.0. The molecule has 5 aromatic rings. The van der Waals surface area contributed by atoms with Gasteiger partial charge in [0.05, 0.1) is 34.9 Å². The second-order valence-corrected chi connectivity index (χ2v) is 8.88. The minimum absolute atomic E-state index is 0.0567. The SMILES string of the molecule is Cc1ccc2nc(Oc3ccccc3)c(C3C(CC#N)=C(N)Oc4c3c(=O)oc3ccccc43)cc2c1. The summed E-state index contributed by atoms with van der Waals surface area (Å²) in [7, 11) is 0. The third-order valence-electron chi connectivity index (χ3n) is 6.47. The molecule has 0 amide bonds. The van der Waals surface area contributed by atoms with Crippen molar-refractivity contribution in [3.8, 4) is 23.4 Å². The summed E-state index contributed by atoms with van der Waals surface area (Å²) in [4.78, 5) is 18.3. The lowest BCUT2D eigenvalue weighted by molar-refractivity contribution is 0.379. The molecule has 2 N–H and O–H groups in total. The Kier molecular flexibility index (Phi) is 5.35. The molecule has 3 heterocycles. The summed E-state index contributed by atoms with van der Waals surface area (Å²) in [5.74, 6) is 0.506. The zero-order valence-corrected chi connectivity index (χ0v) is 19.9. The van der Waals surface area contributed by atoms with Crippen LogP contribution in [-0.2, 0) is 0 Å². The van der Waals surface area contributed by atoms with Gasteiger partial charge in [0.15, 0.2) is 11.6 Å². The number of nitrogens with zero attached hydrogens (tertiary/aromatic N) is 2. The fraction of sp³-hybridized carbons (Fsp3) is 0.100. The van der Waals surface area contributed by atoms with Crippen LogP contribution in [0.25, 0.3) is 21.9 Å². The maximum atomic E-state index is 13.5. The van der Waals surface area contributed by atoms with Gasteiger partial charge in [-0.05, 0) is 49.4 Å². The number of para-hydroxylation sites is 2. The van der Waals surface area contributed by atoms with E-state index in [1.165, 1.54) is 0 Å². The first-order valence-electron chi connectivity index (χ1n) is 11.8. The Balaban J connectivity index is 1.68. The summed E-state index contributed by atoms with van der Waals surface area (Å²) in [6, 6.07) is 26.4. The average molecular weight is 488 g/mol. The highest BCUT2D eigenvalue weighted by Gasteiger charge is 2.37. The average Bonchev–Trinajstić information content (AvgIpc) is 2.90. The number of allylic oxidation sites excluding steroid dienone is 1. The predicted octanol–water partition coefficient (Wildman–Crippen LogP) is 6.05. The van der Waals surface area contributed by atoms with E-state index >= 15 is 0 Å². The summed E-state index contributed by atoms with van der Waals surface area (Å²) in [6.07, 6.45) is -0.0567. The van der Waals surface area contributed by atoms with Crippen LogP contribution in [0.1, 0.15) is 29.0 Å². The Morgan fingerprint density at radius 3 is 2.65 bits per heavy atom. The molecule has 7 heteroatoms. The Bertz CT molecular complexity index is 1820. The van der Waals surface area contributed by atoms with Gasteiger partial charge in [-0.1, -0.05) is 42.0 Å². The van der Waals surface area contributed by atoms with E-state index in [0.717, 1.165) is 16.5 Å². The minimum Gasteiger partial charge on any atom is -0.440 e. The second-order valence-electron chi connectivity index (χ2n) is 8.88. The fourth-order valence-electron chi connectivity index (χ4n) is 4.79. The number of pyridine rings is 1. The van der Waals surface area contributed by atoms with Crippen LogP contribution >= 0.6 is 0 Å². The molecule has 0 radical (unpaired) electrons. The van der Waals surface area contributed by atoms with Crippen LogP contribution in [0.15, 0.2) is 99.5 Å². The van der Waals surface area contributed by atoms with Gasteiger partial charge in [-0.3, -0.25) is 0 Å². The topological polar surface area (TPSA) is 111 Å². The summed E-state index contributed by atoms with van der Waals surface area (Å²) in [5, 5.41) is 11.1. The van der Waals surface area contributed by atoms with Gasteiger partial charge in [-0.15, -0.1) is 0 Å². The van der Waals surface area contributed by atoms with Crippen LogP contribution in [0.2, 0.25) is 0 Å². The van der Waals surface area contributed by atoms with E-state index in [-0.39, 0.29) is 17.9 Å². The van der Waals surface area contributed by atoms with Gasteiger partial charge in [0.1, 0.15) is 11.3 Å². The molecule has 7 nitrogen and oxygen atoms in total. The molecule has 0 spiro atoms. The van der Waals surface area contributed by atoms with Crippen molar-refractivity contribution in [1.29, 1.82) is 5.26 Å². The zero-order valence-electron chi connectivity index (χ0n) is 19.9. The number of fused-ring (bicyclic) bond motifs is 4. The van der Waals surface area contributed by atoms with Crippen molar-refractivity contribution < 1.29 is 13.9 Å². The maximum absolute atomic E-state index is 13.5. The molecule has 1 unspecified atom stereocenters. The Morgan fingerprint density at radius 1 is 1.05 bits per heavy atom. The van der Waals surface area contributed by atoms with Crippen LogP contribution in [0.5, 0.6) is 17.4 Å². The third kappa shape index (κ3) is 3.85. The highest BCUT2D eigenvalue weighted by molar-refractivity contribution is 5.86. The van der Waals surface area contributed by atoms with E-state index in [1.807, 2.05) is 67.6 Å². The second kappa shape index (κ2) is 8.85. The molecule has 1 aliphatic rings. The smallest absolute Gasteiger partial charge is 0.344 e. The number of nitrogens with two attached hydrogens (primary N) is 1. The third-order valence-corrected chi connectivity index (χ3v) is 6.47. The lowest BCUT2D eigenvalue weighted by Gasteiger charge is -2.29. The molecule has 0 bridgehead atoms. The van der Waals surface area contributed by atoms with E-state index in [2.05, 4.69) is 6.07 Å². The number of benzene rings is 3. The lowest BCUT2D eigenvalue weighted by atomic mass is 9.82. The maximum Gasteiger partial charge on any atom is 0.344 e. The van der Waals surface area contributed by atoms with E-state index in [1.54, 1.807) is 18.2 Å². The molecule has 0 saturated carbocycles. The van der Waals surface area contributed by atoms with Crippen LogP contribution in [0.4, 0.5) is 0 Å². The summed E-state index contributed by atoms with van der Waals surface area (Å²) in [5.41, 5.74) is 9.29. The Hall–Kier alpha value is -5.09. The first kappa shape index (κ1) is 22.4. The van der Waals surface area contributed by atoms with Crippen molar-refractivity contribution in [2.24, 2.45) is 5.73 Å². The molecule has 3 aromatic carbocycles. The van der Waals surface area contributed by atoms with Crippen molar-refractivity contribution in [2.75, 3.05) is 0 Å². The quantitative estimate of drug-likeness (QED) is 0.307. The number of rotatable bonds is 4. The molecule has 180 valence electrons. The number of hydrogen-bond donors (Lipinski definition) is 1. The number of nitriles is 1. The van der Waals surface area contributed by atoms with Crippen molar-refractivity contribution >= 4 is 21.9 Å². The molecule has 0 saturated heterocycles.